The summed E-state index contributed by atoms with van der Waals surface area (Å²) in [5.74, 6) is -0.0290. The maximum Gasteiger partial charge on any atom is 0.273 e. The van der Waals surface area contributed by atoms with Crippen LogP contribution in [-0.4, -0.2) is 43.4 Å². The van der Waals surface area contributed by atoms with Crippen molar-refractivity contribution < 1.29 is 23.8 Å². The van der Waals surface area contributed by atoms with Crippen molar-refractivity contribution in [2.24, 2.45) is 0 Å². The van der Waals surface area contributed by atoms with E-state index in [1.165, 1.54) is 0 Å². The predicted octanol–water partition coefficient (Wildman–Crippen LogP) is 2.84. The monoisotopic (exact) mass is 445 g/mol. The van der Waals surface area contributed by atoms with Gasteiger partial charge in [0.05, 0.1) is 24.3 Å². The first-order valence-electron chi connectivity index (χ1n) is 9.99. The van der Waals surface area contributed by atoms with E-state index in [-0.39, 0.29) is 5.11 Å². The van der Waals surface area contributed by atoms with Crippen molar-refractivity contribution in [3.63, 3.8) is 0 Å². The number of thiocarbonyl (C=S) groups is 1. The highest BCUT2D eigenvalue weighted by Gasteiger charge is 2.15. The van der Waals surface area contributed by atoms with Crippen molar-refractivity contribution in [3.8, 4) is 11.5 Å². The van der Waals surface area contributed by atoms with E-state index in [9.17, 15) is 9.59 Å². The minimum Gasteiger partial charge on any atom is -0.493 e. The largest absolute Gasteiger partial charge is 0.493 e. The van der Waals surface area contributed by atoms with Crippen molar-refractivity contribution in [3.05, 3.63) is 59.7 Å². The molecule has 2 aromatic rings. The zero-order valence-corrected chi connectivity index (χ0v) is 18.4. The van der Waals surface area contributed by atoms with Crippen molar-refractivity contribution in [1.29, 1.82) is 0 Å². The minimum absolute atomic E-state index is 0.0607. The molecule has 2 aromatic carbocycles. The lowest BCUT2D eigenvalue weighted by Crippen LogP contribution is -2.48. The van der Waals surface area contributed by atoms with Crippen LogP contribution >= 0.6 is 12.2 Å². The topological polar surface area (TPSA) is 97.9 Å². The number of hydrazine groups is 1. The molecule has 0 heterocycles. The number of amides is 2. The Labute approximate surface area is 187 Å². The smallest absolute Gasteiger partial charge is 0.273 e. The van der Waals surface area contributed by atoms with Gasteiger partial charge >= 0.3 is 0 Å². The van der Waals surface area contributed by atoms with Gasteiger partial charge in [-0.05, 0) is 49.8 Å². The number of hydrogen-bond acceptors (Lipinski definition) is 6. The van der Waals surface area contributed by atoms with Gasteiger partial charge in [0.2, 0.25) is 0 Å². The molecule has 0 fully saturated rings. The van der Waals surface area contributed by atoms with Crippen LogP contribution in [0.3, 0.4) is 0 Å². The molecule has 31 heavy (non-hydrogen) atoms. The van der Waals surface area contributed by atoms with Crippen LogP contribution in [0.15, 0.2) is 48.5 Å². The second kappa shape index (κ2) is 13.2. The Bertz CT molecular complexity index is 891. The van der Waals surface area contributed by atoms with Crippen molar-refractivity contribution in [2.75, 3.05) is 26.4 Å². The second-order valence-corrected chi connectivity index (χ2v) is 6.66. The third-order valence-corrected chi connectivity index (χ3v) is 4.14. The molecule has 166 valence electrons. The highest BCUT2D eigenvalue weighted by Crippen LogP contribution is 2.18. The Hall–Kier alpha value is -3.17. The van der Waals surface area contributed by atoms with E-state index in [4.69, 9.17) is 26.4 Å². The normalized spacial score (nSPS) is 10.1. The molecule has 0 aliphatic rings. The van der Waals surface area contributed by atoms with Crippen LogP contribution < -0.4 is 25.6 Å². The number of rotatable bonds is 10. The molecule has 3 N–H and O–H groups in total. The third kappa shape index (κ3) is 7.88. The first-order chi connectivity index (χ1) is 15.1. The van der Waals surface area contributed by atoms with Crippen LogP contribution in [0.2, 0.25) is 0 Å². The molecular weight excluding hydrogens is 418 g/mol. The molecule has 0 saturated carbocycles. The highest BCUT2D eigenvalue weighted by atomic mass is 32.1. The Kier molecular flexibility index (Phi) is 10.3. The van der Waals surface area contributed by atoms with Crippen molar-refractivity contribution in [1.82, 2.24) is 16.2 Å². The van der Waals surface area contributed by atoms with Crippen LogP contribution in [0, 0.1) is 0 Å². The summed E-state index contributed by atoms with van der Waals surface area (Å²) in [6.07, 6.45) is 0.821. The molecule has 2 rings (SSSR count). The highest BCUT2D eigenvalue weighted by molar-refractivity contribution is 7.80. The molecule has 0 saturated heterocycles. The molecule has 0 aliphatic heterocycles. The van der Waals surface area contributed by atoms with Gasteiger partial charge in [0.15, 0.2) is 5.11 Å². The quantitative estimate of drug-likeness (QED) is 0.294. The molecule has 2 amide bonds. The van der Waals surface area contributed by atoms with Crippen LogP contribution in [0.25, 0.3) is 0 Å². The van der Waals surface area contributed by atoms with E-state index in [0.717, 1.165) is 6.42 Å². The zero-order valence-electron chi connectivity index (χ0n) is 17.6. The molecule has 0 atom stereocenters. The molecular formula is C22H27N3O5S. The lowest BCUT2D eigenvalue weighted by atomic mass is 10.2. The Morgan fingerprint density at radius 2 is 1.39 bits per heavy atom. The SMILES string of the molecule is CCCOc1ccccc1C(=O)NNC(=S)NC(=O)c1ccccc1OCCOCC. The molecule has 0 aromatic heterocycles. The fraction of sp³-hybridized carbons (Fsp3) is 0.318. The number of benzene rings is 2. The fourth-order valence-corrected chi connectivity index (χ4v) is 2.65. The van der Waals surface area contributed by atoms with Gasteiger partial charge in [0, 0.05) is 6.61 Å². The molecule has 0 bridgehead atoms. The van der Waals surface area contributed by atoms with E-state index in [2.05, 4.69) is 16.2 Å². The van der Waals surface area contributed by atoms with Gasteiger partial charge < -0.3 is 14.2 Å². The summed E-state index contributed by atoms with van der Waals surface area (Å²) < 4.78 is 16.4. The molecule has 9 heteroatoms. The summed E-state index contributed by atoms with van der Waals surface area (Å²) in [5.41, 5.74) is 5.66. The van der Waals surface area contributed by atoms with Gasteiger partial charge in [-0.25, -0.2) is 0 Å². The molecule has 0 unspecified atom stereocenters. The average molecular weight is 446 g/mol. The van der Waals surface area contributed by atoms with E-state index in [1.807, 2.05) is 13.8 Å². The maximum absolute atomic E-state index is 12.6. The number of ether oxygens (including phenoxy) is 3. The van der Waals surface area contributed by atoms with Gasteiger partial charge in [0.25, 0.3) is 11.8 Å². The first kappa shape index (κ1) is 24.1. The van der Waals surface area contributed by atoms with Gasteiger partial charge in [-0.1, -0.05) is 31.2 Å². The van der Waals surface area contributed by atoms with E-state index in [0.29, 0.717) is 49.1 Å². The maximum atomic E-state index is 12.6. The number of carbonyl (C=O) groups excluding carboxylic acids is 2. The standard InChI is InChI=1S/C22H27N3O5S/c1-3-13-29-19-12-8-6-10-17(19)21(27)24-25-22(31)23-20(26)16-9-5-7-11-18(16)30-15-14-28-4-2/h5-12H,3-4,13-15H2,1-2H3,(H,24,27)(H2,23,25,26,31). The van der Waals surface area contributed by atoms with E-state index < -0.39 is 11.8 Å². The minimum atomic E-state index is -0.467. The number of para-hydroxylation sites is 2. The van der Waals surface area contributed by atoms with E-state index >= 15 is 0 Å². The third-order valence-electron chi connectivity index (χ3n) is 3.93. The molecule has 0 aliphatic carbocycles. The molecule has 0 spiro atoms. The summed E-state index contributed by atoms with van der Waals surface area (Å²) in [5, 5.41) is 2.46. The lowest BCUT2D eigenvalue weighted by Gasteiger charge is -2.14. The van der Waals surface area contributed by atoms with Crippen LogP contribution in [0.5, 0.6) is 11.5 Å². The summed E-state index contributed by atoms with van der Waals surface area (Å²) >= 11 is 5.12. The van der Waals surface area contributed by atoms with Gasteiger partial charge in [-0.15, -0.1) is 0 Å². The second-order valence-electron chi connectivity index (χ2n) is 6.25. The van der Waals surface area contributed by atoms with Gasteiger partial charge in [-0.3, -0.25) is 25.8 Å². The summed E-state index contributed by atoms with van der Waals surface area (Å²) in [6.45, 7) is 5.70. The average Bonchev–Trinajstić information content (AvgIpc) is 2.79. The molecule has 0 radical (unpaired) electrons. The van der Waals surface area contributed by atoms with Crippen LogP contribution in [-0.2, 0) is 4.74 Å². The van der Waals surface area contributed by atoms with Crippen LogP contribution in [0.4, 0.5) is 0 Å². The Morgan fingerprint density at radius 1 is 0.806 bits per heavy atom. The molecule has 8 nitrogen and oxygen atoms in total. The van der Waals surface area contributed by atoms with Gasteiger partial charge in [0.1, 0.15) is 18.1 Å². The number of carbonyl (C=O) groups is 2. The van der Waals surface area contributed by atoms with Gasteiger partial charge in [-0.2, -0.15) is 0 Å². The lowest BCUT2D eigenvalue weighted by molar-refractivity contribution is 0.0927. The number of nitrogens with one attached hydrogen (secondary N) is 3. The van der Waals surface area contributed by atoms with E-state index in [1.54, 1.807) is 48.5 Å². The van der Waals surface area contributed by atoms with Crippen molar-refractivity contribution in [2.45, 2.75) is 20.3 Å². The summed E-state index contributed by atoms with van der Waals surface area (Å²) in [6, 6.07) is 13.7. The number of hydrogen-bond donors (Lipinski definition) is 3. The Morgan fingerprint density at radius 3 is 2.00 bits per heavy atom. The Balaban J connectivity index is 1.91. The zero-order chi connectivity index (χ0) is 22.5. The fourth-order valence-electron chi connectivity index (χ4n) is 2.51. The summed E-state index contributed by atoms with van der Waals surface area (Å²) in [4.78, 5) is 25.0. The summed E-state index contributed by atoms with van der Waals surface area (Å²) in [7, 11) is 0. The first-order valence-corrected chi connectivity index (χ1v) is 10.4. The van der Waals surface area contributed by atoms with Crippen LogP contribution in [0.1, 0.15) is 41.0 Å². The van der Waals surface area contributed by atoms with Crippen molar-refractivity contribution >= 4 is 29.1 Å². The predicted molar refractivity (Wildman–Crippen MR) is 121 cm³/mol.